The molecule has 1 aromatic carbocycles. The maximum absolute atomic E-state index is 11.3. The number of piperidine rings is 1. The number of aromatic amines is 1. The number of aromatic nitrogens is 2. The van der Waals surface area contributed by atoms with Crippen LogP contribution in [-0.2, 0) is 62.6 Å². The molecule has 0 spiro atoms. The van der Waals surface area contributed by atoms with E-state index in [0.29, 0.717) is 12.0 Å². The molecular weight excluding hydrogens is 551 g/mol. The van der Waals surface area contributed by atoms with Crippen molar-refractivity contribution in [1.29, 1.82) is 0 Å². The summed E-state index contributed by atoms with van der Waals surface area (Å²) < 4.78 is 7.56. The normalized spacial score (nSPS) is 19.4. The number of fused-ring (bicyclic) bond motifs is 3. The molecule has 2 heterocycles. The quantitative estimate of drug-likeness (QED) is 0.307. The van der Waals surface area contributed by atoms with E-state index < -0.39 is 12.2 Å². The molecule has 1 aliphatic carbocycles. The molecule has 3 N–H and O–H groups in total. The van der Waals surface area contributed by atoms with Gasteiger partial charge in [0.25, 0.3) is 0 Å². The van der Waals surface area contributed by atoms with Gasteiger partial charge in [-0.3, -0.25) is 18.2 Å². The number of aryl methyl sites for hydroxylation is 1. The van der Waals surface area contributed by atoms with Crippen molar-refractivity contribution in [2.75, 3.05) is 20.4 Å². The number of carbonyl (C=O) groups is 2. The number of imidazole rings is 1. The van der Waals surface area contributed by atoms with Crippen LogP contribution < -0.4 is 0 Å². The van der Waals surface area contributed by atoms with E-state index in [1.807, 2.05) is 17.0 Å². The Morgan fingerprint density at radius 1 is 1.17 bits per heavy atom. The standard InChI is InChI=1S/C17H18N3O2P.2C2H5NO2.2V/c21-9-20-13-3-2-12(8-13)16(20)17-18-14-4-1-11(5-6-23-10-22)7-15(14)19-17;2*1-5-2(3)4;;/h1,4,7,12-13,16,23H,2-3,5-6,8H2,(H,18,19);2*1H3,(H2,3,4);;/q-2;;;2*+2/p-2/t12-,13-,16+;;;;/m1..../s1. The van der Waals surface area contributed by atoms with Gasteiger partial charge < -0.3 is 40.4 Å². The van der Waals surface area contributed by atoms with E-state index in [1.165, 1.54) is 12.0 Å². The van der Waals surface area contributed by atoms with E-state index in [9.17, 15) is 19.2 Å². The summed E-state index contributed by atoms with van der Waals surface area (Å²) in [5.41, 5.74) is 15.1. The number of hydrogen-bond acceptors (Lipinski definition) is 7. The van der Waals surface area contributed by atoms with Crippen LogP contribution in [0, 0.1) is 5.92 Å². The zero-order valence-corrected chi connectivity index (χ0v) is 23.0. The zero-order chi connectivity index (χ0) is 24.4. The number of methoxy groups -OCH3 is 2. The van der Waals surface area contributed by atoms with Crippen molar-refractivity contribution in [2.24, 2.45) is 5.92 Å². The van der Waals surface area contributed by atoms with Crippen molar-refractivity contribution in [3.05, 3.63) is 41.1 Å². The first-order chi connectivity index (χ1) is 15.8. The van der Waals surface area contributed by atoms with Crippen molar-refractivity contribution < 1.29 is 65.8 Å². The molecular formula is C21H26N5O6PV2. The summed E-state index contributed by atoms with van der Waals surface area (Å²) in [6.07, 6.45) is 5.18. The topological polar surface area (TPSA) is 166 Å². The molecule has 1 saturated carbocycles. The number of rotatable bonds is 6. The van der Waals surface area contributed by atoms with Gasteiger partial charge in [0, 0.05) is 6.04 Å². The van der Waals surface area contributed by atoms with Crippen molar-refractivity contribution in [3.63, 3.8) is 0 Å². The fourth-order valence-electron chi connectivity index (χ4n) is 4.10. The van der Waals surface area contributed by atoms with Crippen molar-refractivity contribution in [2.45, 2.75) is 37.8 Å². The molecule has 2 aromatic rings. The minimum absolute atomic E-state index is 0. The van der Waals surface area contributed by atoms with Crippen LogP contribution in [0.1, 0.15) is 36.7 Å². The van der Waals surface area contributed by atoms with Gasteiger partial charge in [-0.1, -0.05) is 12.2 Å². The fourth-order valence-corrected chi connectivity index (χ4v) is 4.62. The largest absolute Gasteiger partial charge is 2.00 e. The Labute approximate surface area is 229 Å². The van der Waals surface area contributed by atoms with Crippen molar-refractivity contribution in [3.8, 4) is 0 Å². The number of hydrogen-bond donors (Lipinski definition) is 1. The van der Waals surface area contributed by atoms with Crippen LogP contribution in [-0.4, -0.2) is 65.9 Å². The number of ether oxygens (including phenoxy) is 2. The third-order valence-corrected chi connectivity index (χ3v) is 6.16. The van der Waals surface area contributed by atoms with Gasteiger partial charge in [-0.05, 0) is 49.3 Å². The van der Waals surface area contributed by atoms with Gasteiger partial charge in [0.1, 0.15) is 5.82 Å². The second-order valence-electron chi connectivity index (χ2n) is 7.41. The van der Waals surface area contributed by atoms with Crippen LogP contribution in [0.3, 0.4) is 0 Å². The fraction of sp³-hybridized carbons (Fsp3) is 0.476. The second kappa shape index (κ2) is 16.6. The summed E-state index contributed by atoms with van der Waals surface area (Å²) in [4.78, 5) is 50.1. The van der Waals surface area contributed by atoms with Crippen LogP contribution in [0.25, 0.3) is 22.5 Å². The number of amides is 3. The molecule has 1 unspecified atom stereocenters. The summed E-state index contributed by atoms with van der Waals surface area (Å²) in [6, 6.07) is 8.52. The molecule has 14 heteroatoms. The maximum Gasteiger partial charge on any atom is 2.00 e. The average molecular weight is 577 g/mol. The van der Waals surface area contributed by atoms with E-state index >= 15 is 0 Å². The van der Waals surface area contributed by atoms with Crippen LogP contribution in [0.5, 0.6) is 0 Å². The SMILES string of the molecule is COC([NH-])=O.COC([NH-])=O.O=[C-]PCCc1ccc2nc([C@@H]3[C@@H]4CC[C@H](C4)N3[C-]=O)[nH]c2c1.[V+2].[V+2]. The first-order valence-corrected chi connectivity index (χ1v) is 11.4. The molecule has 1 aliphatic heterocycles. The Balaban J connectivity index is 0.000000827. The number of nitrogens with one attached hydrogen (secondary N) is 3. The third-order valence-electron chi connectivity index (χ3n) is 5.52. The molecule has 2 bridgehead atoms. The van der Waals surface area contributed by atoms with Gasteiger partial charge in [0.2, 0.25) is 12.2 Å². The zero-order valence-electron chi connectivity index (χ0n) is 19.2. The van der Waals surface area contributed by atoms with Gasteiger partial charge >= 0.3 is 37.1 Å². The van der Waals surface area contributed by atoms with Crippen molar-refractivity contribution >= 4 is 44.2 Å². The first kappa shape index (κ1) is 33.0. The predicted octanol–water partition coefficient (Wildman–Crippen LogP) is 4.05. The van der Waals surface area contributed by atoms with E-state index in [2.05, 4.69) is 33.0 Å². The molecule has 3 amide bonds. The molecule has 1 saturated heterocycles. The van der Waals surface area contributed by atoms with Gasteiger partial charge in [0.15, 0.2) is 0 Å². The van der Waals surface area contributed by atoms with E-state index in [-0.39, 0.29) is 51.7 Å². The molecule has 35 heavy (non-hydrogen) atoms. The Morgan fingerprint density at radius 3 is 2.34 bits per heavy atom. The third kappa shape index (κ3) is 9.50. The maximum atomic E-state index is 11.3. The summed E-state index contributed by atoms with van der Waals surface area (Å²) in [7, 11) is 2.57. The Kier molecular flexibility index (Phi) is 15.6. The van der Waals surface area contributed by atoms with Crippen LogP contribution >= 0.6 is 8.58 Å². The van der Waals surface area contributed by atoms with Crippen LogP contribution in [0.15, 0.2) is 18.2 Å². The Bertz CT molecular complexity index is 965. The summed E-state index contributed by atoms with van der Waals surface area (Å²) in [6.45, 7) is 0. The first-order valence-electron chi connectivity index (χ1n) is 10.2. The number of benzene rings is 1. The molecule has 11 nitrogen and oxygen atoms in total. The summed E-state index contributed by atoms with van der Waals surface area (Å²) >= 11 is 0. The van der Waals surface area contributed by atoms with Gasteiger partial charge in [-0.15, -0.1) is 0 Å². The van der Waals surface area contributed by atoms with Gasteiger partial charge in [-0.2, -0.15) is 6.41 Å². The number of nitrogens with zero attached hydrogens (tertiary/aromatic N) is 2. The van der Waals surface area contributed by atoms with Gasteiger partial charge in [-0.25, -0.2) is 11.0 Å². The Hall–Kier alpha value is -2.03. The van der Waals surface area contributed by atoms with E-state index in [4.69, 9.17) is 16.5 Å². The minimum atomic E-state index is -0.995. The van der Waals surface area contributed by atoms with E-state index in [1.54, 1.807) is 0 Å². The van der Waals surface area contributed by atoms with Crippen LogP contribution in [0.2, 0.25) is 0 Å². The average Bonchev–Trinajstić information content (AvgIpc) is 3.53. The second-order valence-corrected chi connectivity index (χ2v) is 8.46. The predicted molar refractivity (Wildman–Crippen MR) is 124 cm³/mol. The number of likely N-dealkylation sites (tertiary alicyclic amines) is 1. The molecule has 2 fully saturated rings. The molecule has 186 valence electrons. The Morgan fingerprint density at radius 2 is 1.80 bits per heavy atom. The molecule has 4 atom stereocenters. The molecule has 1 aromatic heterocycles. The van der Waals surface area contributed by atoms with Crippen LogP contribution in [0.4, 0.5) is 9.59 Å². The summed E-state index contributed by atoms with van der Waals surface area (Å²) in [5.74, 6) is 1.39. The number of H-pyrrole nitrogens is 1. The molecule has 2 aliphatic rings. The molecule has 2 radical (unpaired) electrons. The smallest absolute Gasteiger partial charge is 0.632 e. The minimum Gasteiger partial charge on any atom is -0.632 e. The monoisotopic (exact) mass is 577 g/mol. The summed E-state index contributed by atoms with van der Waals surface area (Å²) in [5, 5.41) is 0. The number of carbonyl (C=O) groups excluding carboxylic acids is 4. The van der Waals surface area contributed by atoms with Crippen molar-refractivity contribution in [1.82, 2.24) is 14.9 Å². The molecule has 4 rings (SSSR count). The van der Waals surface area contributed by atoms with Gasteiger partial charge in [0.05, 0.1) is 31.3 Å². The van der Waals surface area contributed by atoms with E-state index in [0.717, 1.165) is 56.5 Å².